The summed E-state index contributed by atoms with van der Waals surface area (Å²) in [6.45, 7) is 2.68. The number of amides is 1. The molecule has 1 aliphatic heterocycles. The smallest absolute Gasteiger partial charge is 0.241 e. The molecule has 0 spiro atoms. The standard InChI is InChI=1S/C14H19FN2O/c1-10-9-11(15)6-7-12(10)17-14(18)13-5-3-2-4-8-16-13/h6-7,9,13,16H,2-5,8H2,1H3,(H,17,18). The van der Waals surface area contributed by atoms with Crippen molar-refractivity contribution >= 4 is 11.6 Å². The van der Waals surface area contributed by atoms with E-state index in [0.29, 0.717) is 5.69 Å². The van der Waals surface area contributed by atoms with Gasteiger partial charge in [-0.1, -0.05) is 12.8 Å². The van der Waals surface area contributed by atoms with Crippen LogP contribution in [0.4, 0.5) is 10.1 Å². The van der Waals surface area contributed by atoms with Crippen molar-refractivity contribution in [2.75, 3.05) is 11.9 Å². The molecule has 1 fully saturated rings. The highest BCUT2D eigenvalue weighted by Crippen LogP contribution is 2.17. The number of hydrogen-bond acceptors (Lipinski definition) is 2. The van der Waals surface area contributed by atoms with Crippen molar-refractivity contribution in [1.29, 1.82) is 0 Å². The van der Waals surface area contributed by atoms with Crippen molar-refractivity contribution in [2.24, 2.45) is 0 Å². The molecule has 1 aromatic rings. The van der Waals surface area contributed by atoms with Crippen molar-refractivity contribution in [3.8, 4) is 0 Å². The first-order valence-corrected chi connectivity index (χ1v) is 6.47. The lowest BCUT2D eigenvalue weighted by atomic mass is 10.1. The molecular formula is C14H19FN2O. The molecule has 0 radical (unpaired) electrons. The van der Waals surface area contributed by atoms with Crippen molar-refractivity contribution in [1.82, 2.24) is 5.32 Å². The fourth-order valence-corrected chi connectivity index (χ4v) is 2.24. The average Bonchev–Trinajstić information content (AvgIpc) is 2.61. The van der Waals surface area contributed by atoms with E-state index in [9.17, 15) is 9.18 Å². The maximum Gasteiger partial charge on any atom is 0.241 e. The lowest BCUT2D eigenvalue weighted by Gasteiger charge is -2.16. The minimum absolute atomic E-state index is 0.0217. The predicted octanol–water partition coefficient (Wildman–Crippen LogP) is 2.60. The van der Waals surface area contributed by atoms with Crippen LogP contribution in [0.25, 0.3) is 0 Å². The lowest BCUT2D eigenvalue weighted by Crippen LogP contribution is -2.39. The van der Waals surface area contributed by atoms with Crippen LogP contribution in [0.2, 0.25) is 0 Å². The molecule has 2 rings (SSSR count). The summed E-state index contributed by atoms with van der Waals surface area (Å²) in [5, 5.41) is 6.11. The van der Waals surface area contributed by atoms with Crippen LogP contribution in [0.15, 0.2) is 18.2 Å². The Balaban J connectivity index is 2.01. The van der Waals surface area contributed by atoms with Crippen LogP contribution in [0.3, 0.4) is 0 Å². The Bertz CT molecular complexity index is 426. The summed E-state index contributed by atoms with van der Waals surface area (Å²) in [5.41, 5.74) is 1.43. The molecular weight excluding hydrogens is 231 g/mol. The zero-order chi connectivity index (χ0) is 13.0. The third-order valence-corrected chi connectivity index (χ3v) is 3.32. The number of nitrogens with one attached hydrogen (secondary N) is 2. The molecule has 98 valence electrons. The summed E-state index contributed by atoms with van der Waals surface area (Å²) >= 11 is 0. The van der Waals surface area contributed by atoms with Crippen LogP contribution in [0.1, 0.15) is 31.2 Å². The molecule has 1 aromatic carbocycles. The normalized spacial score (nSPS) is 20.2. The van der Waals surface area contributed by atoms with Crippen molar-refractivity contribution in [3.05, 3.63) is 29.6 Å². The number of benzene rings is 1. The zero-order valence-corrected chi connectivity index (χ0v) is 10.6. The average molecular weight is 250 g/mol. The molecule has 0 saturated carbocycles. The molecule has 4 heteroatoms. The Morgan fingerprint density at radius 1 is 1.39 bits per heavy atom. The topological polar surface area (TPSA) is 41.1 Å². The molecule has 2 N–H and O–H groups in total. The number of hydrogen-bond donors (Lipinski definition) is 2. The van der Waals surface area contributed by atoms with Crippen LogP contribution < -0.4 is 10.6 Å². The number of anilines is 1. The van der Waals surface area contributed by atoms with Crippen molar-refractivity contribution in [3.63, 3.8) is 0 Å². The van der Waals surface area contributed by atoms with E-state index in [0.717, 1.165) is 31.4 Å². The summed E-state index contributed by atoms with van der Waals surface area (Å²) in [7, 11) is 0. The van der Waals surface area contributed by atoms with Gasteiger partial charge in [0.15, 0.2) is 0 Å². The Kier molecular flexibility index (Phi) is 4.31. The molecule has 0 aliphatic carbocycles. The Hall–Kier alpha value is -1.42. The van der Waals surface area contributed by atoms with E-state index in [1.165, 1.54) is 18.6 Å². The highest BCUT2D eigenvalue weighted by Gasteiger charge is 2.19. The van der Waals surface area contributed by atoms with Gasteiger partial charge in [0.1, 0.15) is 5.82 Å². The zero-order valence-electron chi connectivity index (χ0n) is 10.6. The fraction of sp³-hybridized carbons (Fsp3) is 0.500. The van der Waals surface area contributed by atoms with E-state index in [-0.39, 0.29) is 17.8 Å². The van der Waals surface area contributed by atoms with Crippen LogP contribution in [0.5, 0.6) is 0 Å². The van der Waals surface area contributed by atoms with E-state index in [1.807, 2.05) is 0 Å². The minimum Gasteiger partial charge on any atom is -0.324 e. The number of aryl methyl sites for hydroxylation is 1. The molecule has 1 amide bonds. The Morgan fingerprint density at radius 3 is 3.00 bits per heavy atom. The molecule has 1 unspecified atom stereocenters. The van der Waals surface area contributed by atoms with E-state index in [2.05, 4.69) is 10.6 Å². The third-order valence-electron chi connectivity index (χ3n) is 3.32. The van der Waals surface area contributed by atoms with Gasteiger partial charge < -0.3 is 10.6 Å². The van der Waals surface area contributed by atoms with Gasteiger partial charge in [-0.25, -0.2) is 4.39 Å². The minimum atomic E-state index is -0.280. The van der Waals surface area contributed by atoms with Gasteiger partial charge in [0, 0.05) is 5.69 Å². The van der Waals surface area contributed by atoms with Gasteiger partial charge in [0.2, 0.25) is 5.91 Å². The highest BCUT2D eigenvalue weighted by atomic mass is 19.1. The van der Waals surface area contributed by atoms with Crippen LogP contribution in [0, 0.1) is 12.7 Å². The second-order valence-corrected chi connectivity index (χ2v) is 4.80. The van der Waals surface area contributed by atoms with Gasteiger partial charge in [-0.2, -0.15) is 0 Å². The second kappa shape index (κ2) is 5.96. The number of halogens is 1. The first kappa shape index (κ1) is 13.0. The number of carbonyl (C=O) groups is 1. The fourth-order valence-electron chi connectivity index (χ4n) is 2.24. The largest absolute Gasteiger partial charge is 0.324 e. The first-order valence-electron chi connectivity index (χ1n) is 6.47. The van der Waals surface area contributed by atoms with Gasteiger partial charge in [-0.05, 0) is 50.1 Å². The van der Waals surface area contributed by atoms with Gasteiger partial charge in [-0.3, -0.25) is 4.79 Å². The predicted molar refractivity (Wildman–Crippen MR) is 70.0 cm³/mol. The van der Waals surface area contributed by atoms with Crippen molar-refractivity contribution in [2.45, 2.75) is 38.6 Å². The van der Waals surface area contributed by atoms with Gasteiger partial charge in [0.05, 0.1) is 6.04 Å². The van der Waals surface area contributed by atoms with E-state index < -0.39 is 0 Å². The van der Waals surface area contributed by atoms with Crippen LogP contribution in [-0.2, 0) is 4.79 Å². The summed E-state index contributed by atoms with van der Waals surface area (Å²) in [6.07, 6.45) is 4.24. The first-order chi connectivity index (χ1) is 8.66. The number of rotatable bonds is 2. The van der Waals surface area contributed by atoms with Gasteiger partial charge in [-0.15, -0.1) is 0 Å². The van der Waals surface area contributed by atoms with Crippen LogP contribution >= 0.6 is 0 Å². The molecule has 0 aromatic heterocycles. The molecule has 1 aliphatic rings. The third kappa shape index (κ3) is 3.29. The Labute approximate surface area is 107 Å². The SMILES string of the molecule is Cc1cc(F)ccc1NC(=O)C1CCCCCN1. The molecule has 3 nitrogen and oxygen atoms in total. The second-order valence-electron chi connectivity index (χ2n) is 4.80. The Morgan fingerprint density at radius 2 is 2.22 bits per heavy atom. The summed E-state index contributed by atoms with van der Waals surface area (Å²) in [4.78, 5) is 12.1. The monoisotopic (exact) mass is 250 g/mol. The van der Waals surface area contributed by atoms with E-state index in [4.69, 9.17) is 0 Å². The lowest BCUT2D eigenvalue weighted by molar-refractivity contribution is -0.118. The highest BCUT2D eigenvalue weighted by molar-refractivity contribution is 5.95. The number of carbonyl (C=O) groups excluding carboxylic acids is 1. The molecule has 1 saturated heterocycles. The van der Waals surface area contributed by atoms with Gasteiger partial charge >= 0.3 is 0 Å². The molecule has 0 bridgehead atoms. The van der Waals surface area contributed by atoms with Crippen molar-refractivity contribution < 1.29 is 9.18 Å². The quantitative estimate of drug-likeness (QED) is 0.847. The van der Waals surface area contributed by atoms with E-state index in [1.54, 1.807) is 13.0 Å². The summed E-state index contributed by atoms with van der Waals surface area (Å²) < 4.78 is 13.0. The van der Waals surface area contributed by atoms with Gasteiger partial charge in [0.25, 0.3) is 0 Å². The van der Waals surface area contributed by atoms with Crippen LogP contribution in [-0.4, -0.2) is 18.5 Å². The summed E-state index contributed by atoms with van der Waals surface area (Å²) in [5.74, 6) is -0.301. The maximum absolute atomic E-state index is 13.0. The van der Waals surface area contributed by atoms with E-state index >= 15 is 0 Å². The summed E-state index contributed by atoms with van der Waals surface area (Å²) in [6, 6.07) is 4.27. The molecule has 18 heavy (non-hydrogen) atoms. The maximum atomic E-state index is 13.0. The molecule has 1 heterocycles. The molecule has 1 atom stereocenters.